The van der Waals surface area contributed by atoms with Crippen LogP contribution >= 0.6 is 0 Å². The van der Waals surface area contributed by atoms with Crippen LogP contribution in [0, 0.1) is 5.92 Å². The maximum Gasteiger partial charge on any atom is 0.328 e. The Morgan fingerprint density at radius 3 is 2.00 bits per heavy atom. The van der Waals surface area contributed by atoms with Gasteiger partial charge in [0.2, 0.25) is 0 Å². The van der Waals surface area contributed by atoms with Gasteiger partial charge in [0.15, 0.2) is 0 Å². The molecule has 1 fully saturated rings. The van der Waals surface area contributed by atoms with Gasteiger partial charge in [-0.05, 0) is 56.0 Å². The highest BCUT2D eigenvalue weighted by atomic mass is 16.4. The van der Waals surface area contributed by atoms with Gasteiger partial charge in [0, 0.05) is 31.9 Å². The van der Waals surface area contributed by atoms with E-state index in [2.05, 4.69) is 48.6 Å². The Labute approximate surface area is 142 Å². The first-order valence-corrected chi connectivity index (χ1v) is 7.99. The quantitative estimate of drug-likeness (QED) is 0.714. The van der Waals surface area contributed by atoms with Crippen molar-refractivity contribution in [1.82, 2.24) is 5.32 Å². The summed E-state index contributed by atoms with van der Waals surface area (Å²) in [6, 6.07) is 8.99. The number of carboxylic acids is 2. The molecule has 0 atom stereocenters. The van der Waals surface area contributed by atoms with Crippen LogP contribution in [0.5, 0.6) is 0 Å². The molecule has 0 aliphatic carbocycles. The molecular weight excluding hydrogens is 308 g/mol. The Balaban J connectivity index is 0.000000307. The van der Waals surface area contributed by atoms with Gasteiger partial charge < -0.3 is 20.4 Å². The Morgan fingerprint density at radius 1 is 1.08 bits per heavy atom. The maximum absolute atomic E-state index is 9.55. The second kappa shape index (κ2) is 10.4. The predicted octanol–water partition coefficient (Wildman–Crippen LogP) is 2.01. The SMILES string of the molecule is CN(C)c1ccc(CC2CCNCC2)cc1.O=C(O)C=CC(=O)O. The first kappa shape index (κ1) is 19.7. The molecule has 0 radical (unpaired) electrons. The molecule has 0 amide bonds. The summed E-state index contributed by atoms with van der Waals surface area (Å²) >= 11 is 0. The number of carbonyl (C=O) groups is 2. The van der Waals surface area contributed by atoms with E-state index in [1.807, 2.05) is 0 Å². The number of hydrogen-bond donors (Lipinski definition) is 3. The van der Waals surface area contributed by atoms with Gasteiger partial charge in [-0.2, -0.15) is 0 Å². The van der Waals surface area contributed by atoms with Gasteiger partial charge in [-0.3, -0.25) is 0 Å². The van der Waals surface area contributed by atoms with Crippen LogP contribution in [-0.4, -0.2) is 49.3 Å². The van der Waals surface area contributed by atoms with Gasteiger partial charge in [-0.25, -0.2) is 9.59 Å². The predicted molar refractivity (Wildman–Crippen MR) is 94.5 cm³/mol. The van der Waals surface area contributed by atoms with Crippen molar-refractivity contribution < 1.29 is 19.8 Å². The van der Waals surface area contributed by atoms with Gasteiger partial charge >= 0.3 is 11.9 Å². The van der Waals surface area contributed by atoms with Crippen molar-refractivity contribution >= 4 is 17.6 Å². The molecule has 0 aromatic heterocycles. The van der Waals surface area contributed by atoms with E-state index < -0.39 is 11.9 Å². The van der Waals surface area contributed by atoms with Crippen LogP contribution in [0.4, 0.5) is 5.69 Å². The molecule has 2 rings (SSSR count). The fourth-order valence-corrected chi connectivity index (χ4v) is 2.49. The molecule has 1 aromatic carbocycles. The minimum Gasteiger partial charge on any atom is -0.478 e. The molecule has 6 heteroatoms. The van der Waals surface area contributed by atoms with Gasteiger partial charge in [0.05, 0.1) is 0 Å². The Morgan fingerprint density at radius 2 is 1.58 bits per heavy atom. The number of benzene rings is 1. The average Bonchev–Trinajstić information content (AvgIpc) is 2.55. The van der Waals surface area contributed by atoms with Crippen LogP contribution in [0.25, 0.3) is 0 Å². The summed E-state index contributed by atoms with van der Waals surface area (Å²) in [5, 5.41) is 19.0. The molecule has 1 aromatic rings. The molecular formula is C18H26N2O4. The zero-order chi connectivity index (χ0) is 17.9. The number of rotatable bonds is 5. The van der Waals surface area contributed by atoms with E-state index in [0.717, 1.165) is 5.92 Å². The molecule has 1 aliphatic rings. The van der Waals surface area contributed by atoms with E-state index in [-0.39, 0.29) is 0 Å². The Bertz CT molecular complexity index is 531. The second-order valence-electron chi connectivity index (χ2n) is 5.97. The topological polar surface area (TPSA) is 89.9 Å². The summed E-state index contributed by atoms with van der Waals surface area (Å²) in [5.74, 6) is -1.63. The molecule has 0 saturated carbocycles. The summed E-state index contributed by atoms with van der Waals surface area (Å²) in [4.78, 5) is 21.3. The molecule has 0 spiro atoms. The first-order chi connectivity index (χ1) is 11.4. The lowest BCUT2D eigenvalue weighted by molar-refractivity contribution is -0.134. The standard InChI is InChI=1S/C14H22N2.C4H4O4/c1-16(2)14-5-3-12(4-6-14)11-13-7-9-15-10-8-13;5-3(6)1-2-4(7)8/h3-6,13,15H,7-11H2,1-2H3;1-2H,(H,5,6)(H,7,8). The monoisotopic (exact) mass is 334 g/mol. The smallest absolute Gasteiger partial charge is 0.328 e. The normalized spacial score (nSPS) is 14.8. The lowest BCUT2D eigenvalue weighted by Crippen LogP contribution is -2.28. The van der Waals surface area contributed by atoms with Crippen molar-refractivity contribution in [2.24, 2.45) is 5.92 Å². The van der Waals surface area contributed by atoms with E-state index in [9.17, 15) is 9.59 Å². The molecule has 1 saturated heterocycles. The third kappa shape index (κ3) is 8.33. The zero-order valence-electron chi connectivity index (χ0n) is 14.2. The fraction of sp³-hybridized carbons (Fsp3) is 0.444. The Kier molecular flexibility index (Phi) is 8.57. The second-order valence-corrected chi connectivity index (χ2v) is 5.97. The van der Waals surface area contributed by atoms with Gasteiger partial charge in [0.1, 0.15) is 0 Å². The molecule has 132 valence electrons. The third-order valence-electron chi connectivity index (χ3n) is 3.80. The number of nitrogens with zero attached hydrogens (tertiary/aromatic N) is 1. The maximum atomic E-state index is 9.55. The molecule has 0 bridgehead atoms. The van der Waals surface area contributed by atoms with Crippen molar-refractivity contribution in [1.29, 1.82) is 0 Å². The van der Waals surface area contributed by atoms with Crippen molar-refractivity contribution in [2.45, 2.75) is 19.3 Å². The molecule has 6 nitrogen and oxygen atoms in total. The summed E-state index contributed by atoms with van der Waals surface area (Å²) in [6.07, 6.45) is 5.02. The third-order valence-corrected chi connectivity index (χ3v) is 3.80. The van der Waals surface area contributed by atoms with Crippen molar-refractivity contribution in [3.05, 3.63) is 42.0 Å². The minimum absolute atomic E-state index is 0.558. The highest BCUT2D eigenvalue weighted by molar-refractivity contribution is 5.89. The van der Waals surface area contributed by atoms with Gasteiger partial charge in [-0.1, -0.05) is 12.1 Å². The number of anilines is 1. The van der Waals surface area contributed by atoms with Gasteiger partial charge in [-0.15, -0.1) is 0 Å². The lowest BCUT2D eigenvalue weighted by Gasteiger charge is -2.22. The minimum atomic E-state index is -1.26. The average molecular weight is 334 g/mol. The molecule has 3 N–H and O–H groups in total. The Hall–Kier alpha value is -2.34. The number of aliphatic carboxylic acids is 2. The molecule has 1 heterocycles. The zero-order valence-corrected chi connectivity index (χ0v) is 14.2. The van der Waals surface area contributed by atoms with E-state index >= 15 is 0 Å². The van der Waals surface area contributed by atoms with Crippen molar-refractivity contribution in [3.8, 4) is 0 Å². The highest BCUT2D eigenvalue weighted by Crippen LogP contribution is 2.20. The summed E-state index contributed by atoms with van der Waals surface area (Å²) in [6.45, 7) is 2.39. The lowest BCUT2D eigenvalue weighted by atomic mass is 9.91. The number of piperidine rings is 1. The number of carboxylic acid groups (broad SMARTS) is 2. The molecule has 1 aliphatic heterocycles. The van der Waals surface area contributed by atoms with Crippen LogP contribution < -0.4 is 10.2 Å². The number of hydrogen-bond acceptors (Lipinski definition) is 4. The van der Waals surface area contributed by atoms with E-state index in [1.54, 1.807) is 0 Å². The number of nitrogens with one attached hydrogen (secondary N) is 1. The largest absolute Gasteiger partial charge is 0.478 e. The van der Waals surface area contributed by atoms with E-state index in [0.29, 0.717) is 12.2 Å². The van der Waals surface area contributed by atoms with Crippen LogP contribution in [0.1, 0.15) is 18.4 Å². The van der Waals surface area contributed by atoms with E-state index in [1.165, 1.54) is 43.6 Å². The van der Waals surface area contributed by atoms with Crippen molar-refractivity contribution in [3.63, 3.8) is 0 Å². The first-order valence-electron chi connectivity index (χ1n) is 7.99. The van der Waals surface area contributed by atoms with Crippen LogP contribution in [-0.2, 0) is 16.0 Å². The summed E-state index contributed by atoms with van der Waals surface area (Å²) in [7, 11) is 4.17. The fourth-order valence-electron chi connectivity index (χ4n) is 2.49. The van der Waals surface area contributed by atoms with E-state index in [4.69, 9.17) is 10.2 Å². The molecule has 0 unspecified atom stereocenters. The molecule has 24 heavy (non-hydrogen) atoms. The van der Waals surface area contributed by atoms with Crippen molar-refractivity contribution in [2.75, 3.05) is 32.1 Å². The highest BCUT2D eigenvalue weighted by Gasteiger charge is 2.13. The summed E-state index contributed by atoms with van der Waals surface area (Å²) < 4.78 is 0. The van der Waals surface area contributed by atoms with Crippen LogP contribution in [0.15, 0.2) is 36.4 Å². The summed E-state index contributed by atoms with van der Waals surface area (Å²) in [5.41, 5.74) is 2.77. The van der Waals surface area contributed by atoms with Crippen LogP contribution in [0.3, 0.4) is 0 Å². The van der Waals surface area contributed by atoms with Gasteiger partial charge in [0.25, 0.3) is 0 Å². The van der Waals surface area contributed by atoms with Crippen LogP contribution in [0.2, 0.25) is 0 Å².